The van der Waals surface area contributed by atoms with Gasteiger partial charge in [-0.1, -0.05) is 55.4 Å². The Bertz CT molecular complexity index is 569. The zero-order valence-corrected chi connectivity index (χ0v) is 14.6. The summed E-state index contributed by atoms with van der Waals surface area (Å²) in [5.74, 6) is -0.412. The molecule has 1 aliphatic carbocycles. The topological polar surface area (TPSA) is 43.1 Å². The minimum absolute atomic E-state index is 0.274. The predicted molar refractivity (Wildman–Crippen MR) is 95.3 cm³/mol. The SMILES string of the molecule is CC1=C(/C=C/C(C)=C\C=C\C(C)=C/C(N)=O)C(C)(C)CCC1. The standard InChI is InChI=1S/C20H29NO/c1-15(8-6-9-16(2)14-19(21)22)11-12-18-17(3)10-7-13-20(18,4)5/h6,8-9,11-12,14H,7,10,13H2,1-5H3,(H2,21,22)/b9-6+,12-11+,15-8-,16-14-. The molecule has 22 heavy (non-hydrogen) atoms. The Hall–Kier alpha value is -1.83. The van der Waals surface area contributed by atoms with Crippen LogP contribution in [0.15, 0.2) is 58.7 Å². The van der Waals surface area contributed by atoms with Crippen molar-refractivity contribution in [3.63, 3.8) is 0 Å². The molecule has 0 aromatic rings. The number of rotatable bonds is 5. The predicted octanol–water partition coefficient (Wildman–Crippen LogP) is 5.00. The summed E-state index contributed by atoms with van der Waals surface area (Å²) in [5.41, 5.74) is 10.4. The van der Waals surface area contributed by atoms with Crippen LogP contribution in [0.3, 0.4) is 0 Å². The van der Waals surface area contributed by atoms with E-state index in [1.807, 2.05) is 25.2 Å². The van der Waals surface area contributed by atoms with E-state index in [9.17, 15) is 4.79 Å². The molecule has 0 aromatic heterocycles. The van der Waals surface area contributed by atoms with Crippen molar-refractivity contribution in [2.24, 2.45) is 11.1 Å². The molecule has 120 valence electrons. The number of nitrogens with two attached hydrogens (primary N) is 1. The van der Waals surface area contributed by atoms with Crippen molar-refractivity contribution >= 4 is 5.91 Å². The number of hydrogen-bond donors (Lipinski definition) is 1. The molecule has 0 saturated carbocycles. The van der Waals surface area contributed by atoms with Crippen molar-refractivity contribution in [1.82, 2.24) is 0 Å². The molecule has 1 aliphatic rings. The Morgan fingerprint density at radius 1 is 1.18 bits per heavy atom. The van der Waals surface area contributed by atoms with Crippen LogP contribution in [0, 0.1) is 5.41 Å². The molecule has 0 radical (unpaired) electrons. The van der Waals surface area contributed by atoms with Crippen LogP contribution < -0.4 is 5.73 Å². The lowest BCUT2D eigenvalue weighted by Crippen LogP contribution is -2.19. The van der Waals surface area contributed by atoms with Gasteiger partial charge in [-0.15, -0.1) is 0 Å². The zero-order chi connectivity index (χ0) is 16.8. The van der Waals surface area contributed by atoms with E-state index in [0.717, 1.165) is 5.57 Å². The fraction of sp³-hybridized carbons (Fsp3) is 0.450. The molecule has 0 saturated heterocycles. The molecule has 0 spiro atoms. The third-order valence-corrected chi connectivity index (χ3v) is 4.14. The summed E-state index contributed by atoms with van der Waals surface area (Å²) in [7, 11) is 0. The van der Waals surface area contributed by atoms with Gasteiger partial charge in [0.05, 0.1) is 0 Å². The number of allylic oxidation sites excluding steroid dienone is 9. The fourth-order valence-corrected chi connectivity index (χ4v) is 2.90. The molecule has 0 bridgehead atoms. The molecule has 0 aliphatic heterocycles. The Balaban J connectivity index is 2.79. The molecule has 0 unspecified atom stereocenters. The summed E-state index contributed by atoms with van der Waals surface area (Å²) >= 11 is 0. The molecule has 0 aromatic carbocycles. The van der Waals surface area contributed by atoms with Gasteiger partial charge in [0.2, 0.25) is 5.91 Å². The Kier molecular flexibility index (Phi) is 6.61. The van der Waals surface area contributed by atoms with Gasteiger partial charge in [-0.25, -0.2) is 0 Å². The quantitative estimate of drug-likeness (QED) is 0.563. The maximum Gasteiger partial charge on any atom is 0.241 e. The fourth-order valence-electron chi connectivity index (χ4n) is 2.90. The van der Waals surface area contributed by atoms with Gasteiger partial charge in [0.25, 0.3) is 0 Å². The lowest BCUT2D eigenvalue weighted by molar-refractivity contribution is -0.113. The molecule has 2 N–H and O–H groups in total. The van der Waals surface area contributed by atoms with Crippen molar-refractivity contribution in [3.8, 4) is 0 Å². The molecule has 0 atom stereocenters. The van der Waals surface area contributed by atoms with Crippen molar-refractivity contribution in [2.75, 3.05) is 0 Å². The van der Waals surface area contributed by atoms with E-state index in [-0.39, 0.29) is 5.41 Å². The van der Waals surface area contributed by atoms with Gasteiger partial charge in [0.15, 0.2) is 0 Å². The van der Waals surface area contributed by atoms with Gasteiger partial charge >= 0.3 is 0 Å². The van der Waals surface area contributed by atoms with Crippen molar-refractivity contribution in [1.29, 1.82) is 0 Å². The second kappa shape index (κ2) is 7.98. The highest BCUT2D eigenvalue weighted by molar-refractivity contribution is 5.86. The number of carbonyl (C=O) groups excluding carboxylic acids is 1. The first-order chi connectivity index (χ1) is 10.2. The number of hydrogen-bond acceptors (Lipinski definition) is 1. The maximum atomic E-state index is 10.8. The van der Waals surface area contributed by atoms with Crippen LogP contribution in [0.1, 0.15) is 53.9 Å². The zero-order valence-electron chi connectivity index (χ0n) is 14.6. The monoisotopic (exact) mass is 299 g/mol. The largest absolute Gasteiger partial charge is 0.366 e. The van der Waals surface area contributed by atoms with Gasteiger partial charge in [-0.2, -0.15) is 0 Å². The molecule has 1 rings (SSSR count). The van der Waals surface area contributed by atoms with Gasteiger partial charge in [0, 0.05) is 6.08 Å². The minimum Gasteiger partial charge on any atom is -0.366 e. The van der Waals surface area contributed by atoms with Gasteiger partial charge in [0.1, 0.15) is 0 Å². The number of carbonyl (C=O) groups is 1. The first kappa shape index (κ1) is 18.2. The van der Waals surface area contributed by atoms with Gasteiger partial charge < -0.3 is 5.73 Å². The van der Waals surface area contributed by atoms with Gasteiger partial charge in [-0.05, 0) is 56.6 Å². The van der Waals surface area contributed by atoms with Crippen LogP contribution in [-0.4, -0.2) is 5.91 Å². The van der Waals surface area contributed by atoms with Crippen molar-refractivity contribution < 1.29 is 4.79 Å². The second-order valence-corrected chi connectivity index (χ2v) is 6.83. The highest BCUT2D eigenvalue weighted by atomic mass is 16.1. The van der Waals surface area contributed by atoms with Gasteiger partial charge in [-0.3, -0.25) is 4.79 Å². The number of primary amides is 1. The van der Waals surface area contributed by atoms with E-state index in [1.165, 1.54) is 42.1 Å². The molecule has 2 heteroatoms. The van der Waals surface area contributed by atoms with Crippen molar-refractivity contribution in [2.45, 2.75) is 53.9 Å². The first-order valence-electron chi connectivity index (χ1n) is 7.93. The van der Waals surface area contributed by atoms with Crippen LogP contribution in [-0.2, 0) is 4.79 Å². The van der Waals surface area contributed by atoms with E-state index >= 15 is 0 Å². The highest BCUT2D eigenvalue weighted by Crippen LogP contribution is 2.40. The summed E-state index contributed by atoms with van der Waals surface area (Å²) in [5, 5.41) is 0. The van der Waals surface area contributed by atoms with Crippen LogP contribution in [0.2, 0.25) is 0 Å². The van der Waals surface area contributed by atoms with Crippen molar-refractivity contribution in [3.05, 3.63) is 58.7 Å². The van der Waals surface area contributed by atoms with E-state index < -0.39 is 5.91 Å². The molecule has 0 heterocycles. The lowest BCUT2D eigenvalue weighted by Gasteiger charge is -2.32. The average Bonchev–Trinajstić information content (AvgIpc) is 2.36. The van der Waals surface area contributed by atoms with Crippen LogP contribution in [0.4, 0.5) is 0 Å². The smallest absolute Gasteiger partial charge is 0.241 e. The van der Waals surface area contributed by atoms with E-state index in [2.05, 4.69) is 39.8 Å². The Morgan fingerprint density at radius 2 is 1.86 bits per heavy atom. The highest BCUT2D eigenvalue weighted by Gasteiger charge is 2.26. The Labute approximate surface area is 135 Å². The summed E-state index contributed by atoms with van der Waals surface area (Å²) in [6.45, 7) is 10.8. The summed E-state index contributed by atoms with van der Waals surface area (Å²) in [4.78, 5) is 10.8. The summed E-state index contributed by atoms with van der Waals surface area (Å²) < 4.78 is 0. The molecular weight excluding hydrogens is 270 g/mol. The summed E-state index contributed by atoms with van der Waals surface area (Å²) in [6.07, 6.45) is 15.5. The average molecular weight is 299 g/mol. The maximum absolute atomic E-state index is 10.8. The van der Waals surface area contributed by atoms with E-state index in [0.29, 0.717) is 0 Å². The number of amides is 1. The third-order valence-electron chi connectivity index (χ3n) is 4.14. The van der Waals surface area contributed by atoms with E-state index in [4.69, 9.17) is 5.73 Å². The van der Waals surface area contributed by atoms with Crippen LogP contribution in [0.5, 0.6) is 0 Å². The second-order valence-electron chi connectivity index (χ2n) is 6.83. The lowest BCUT2D eigenvalue weighted by atomic mass is 9.72. The molecule has 0 fully saturated rings. The minimum atomic E-state index is -0.412. The van der Waals surface area contributed by atoms with E-state index in [1.54, 1.807) is 0 Å². The third kappa shape index (κ3) is 5.88. The normalized spacial score (nSPS) is 20.2. The Morgan fingerprint density at radius 3 is 2.45 bits per heavy atom. The summed E-state index contributed by atoms with van der Waals surface area (Å²) in [6, 6.07) is 0. The first-order valence-corrected chi connectivity index (χ1v) is 7.93. The molecule has 1 amide bonds. The van der Waals surface area contributed by atoms with Crippen LogP contribution >= 0.6 is 0 Å². The van der Waals surface area contributed by atoms with Crippen LogP contribution in [0.25, 0.3) is 0 Å². The molecular formula is C20H29NO. The molecule has 2 nitrogen and oxygen atoms in total.